The maximum absolute atomic E-state index is 11.7. The van der Waals surface area contributed by atoms with Gasteiger partial charge in [0.15, 0.2) is 0 Å². The molecule has 0 amide bonds. The van der Waals surface area contributed by atoms with E-state index in [-0.39, 0.29) is 12.1 Å². The van der Waals surface area contributed by atoms with E-state index in [4.69, 9.17) is 11.6 Å². The zero-order valence-electron chi connectivity index (χ0n) is 14.2. The molecule has 26 heavy (non-hydrogen) atoms. The van der Waals surface area contributed by atoms with Crippen molar-refractivity contribution < 1.29 is 5.11 Å². The average Bonchev–Trinajstić information content (AvgIpc) is 2.66. The topological polar surface area (TPSA) is 90.9 Å². The van der Waals surface area contributed by atoms with Crippen molar-refractivity contribution in [2.75, 3.05) is 11.9 Å². The van der Waals surface area contributed by atoms with Gasteiger partial charge in [-0.05, 0) is 24.6 Å². The minimum Gasteiger partial charge on any atom is -0.387 e. The Balaban J connectivity index is 1.69. The van der Waals surface area contributed by atoms with E-state index in [1.54, 1.807) is 24.4 Å². The number of aliphatic hydroxyl groups is 1. The van der Waals surface area contributed by atoms with Crippen molar-refractivity contribution in [3.63, 3.8) is 0 Å². The molecule has 3 aromatic rings. The van der Waals surface area contributed by atoms with Gasteiger partial charge < -0.3 is 15.4 Å². The normalized spacial score (nSPS) is 12.0. The molecule has 0 spiro atoms. The van der Waals surface area contributed by atoms with Crippen molar-refractivity contribution in [2.45, 2.75) is 19.4 Å². The second-order valence-corrected chi connectivity index (χ2v) is 6.20. The monoisotopic (exact) mass is 370 g/mol. The summed E-state index contributed by atoms with van der Waals surface area (Å²) in [6.45, 7) is 2.22. The van der Waals surface area contributed by atoms with Gasteiger partial charge in [-0.25, -0.2) is 9.97 Å². The number of aliphatic hydroxyl groups excluding tert-OH is 1. The predicted molar refractivity (Wildman–Crippen MR) is 102 cm³/mol. The van der Waals surface area contributed by atoms with E-state index in [1.165, 1.54) is 6.07 Å². The first-order valence-corrected chi connectivity index (χ1v) is 8.67. The van der Waals surface area contributed by atoms with Gasteiger partial charge >= 0.3 is 0 Å². The van der Waals surface area contributed by atoms with E-state index < -0.39 is 6.10 Å². The lowest BCUT2D eigenvalue weighted by molar-refractivity contribution is 0.191. The number of rotatable bonds is 6. The lowest BCUT2D eigenvalue weighted by Gasteiger charge is -2.14. The second kappa shape index (κ2) is 8.12. The number of anilines is 1. The fraction of sp³-hybridized carbons (Fsp3) is 0.211. The quantitative estimate of drug-likeness (QED) is 0.619. The molecule has 0 fully saturated rings. The summed E-state index contributed by atoms with van der Waals surface area (Å²) in [5, 5.41) is 13.9. The van der Waals surface area contributed by atoms with E-state index in [2.05, 4.69) is 20.3 Å². The molecule has 1 aromatic carbocycles. The Morgan fingerprint density at radius 3 is 2.77 bits per heavy atom. The highest BCUT2D eigenvalue weighted by Gasteiger charge is 2.11. The molecule has 0 aliphatic carbocycles. The van der Waals surface area contributed by atoms with E-state index in [9.17, 15) is 9.90 Å². The number of H-pyrrole nitrogens is 1. The van der Waals surface area contributed by atoms with E-state index in [0.29, 0.717) is 28.6 Å². The number of nitrogens with one attached hydrogen (secondary N) is 2. The molecule has 0 radical (unpaired) electrons. The molecule has 0 saturated heterocycles. The van der Waals surface area contributed by atoms with Crippen LogP contribution in [0.25, 0.3) is 11.4 Å². The molecule has 134 valence electrons. The van der Waals surface area contributed by atoms with Crippen LogP contribution in [-0.2, 0) is 6.42 Å². The van der Waals surface area contributed by atoms with Gasteiger partial charge in [0.1, 0.15) is 11.6 Å². The summed E-state index contributed by atoms with van der Waals surface area (Å²) >= 11 is 6.09. The van der Waals surface area contributed by atoms with Gasteiger partial charge in [0, 0.05) is 40.7 Å². The number of aryl methyl sites for hydroxylation is 1. The Morgan fingerprint density at radius 1 is 1.27 bits per heavy atom. The molecule has 2 heterocycles. The van der Waals surface area contributed by atoms with Gasteiger partial charge in [-0.15, -0.1) is 0 Å². The van der Waals surface area contributed by atoms with Crippen LogP contribution in [0, 0.1) is 0 Å². The minimum absolute atomic E-state index is 0.183. The Morgan fingerprint density at radius 2 is 2.08 bits per heavy atom. The lowest BCUT2D eigenvalue weighted by Crippen LogP contribution is -2.13. The Labute approximate surface area is 155 Å². The SMILES string of the molecule is CCc1cc(=O)[nH]c(-c2ccc(NCC(O)c3ccccc3Cl)nc2)n1. The van der Waals surface area contributed by atoms with Gasteiger partial charge in [-0.1, -0.05) is 36.7 Å². The van der Waals surface area contributed by atoms with Crippen LogP contribution in [0.3, 0.4) is 0 Å². The summed E-state index contributed by atoms with van der Waals surface area (Å²) in [6.07, 6.45) is 1.57. The van der Waals surface area contributed by atoms with Gasteiger partial charge in [-0.2, -0.15) is 0 Å². The number of pyridine rings is 1. The minimum atomic E-state index is -0.746. The van der Waals surface area contributed by atoms with Gasteiger partial charge in [0.2, 0.25) is 0 Å². The number of benzene rings is 1. The van der Waals surface area contributed by atoms with Crippen LogP contribution in [0.2, 0.25) is 5.02 Å². The van der Waals surface area contributed by atoms with E-state index >= 15 is 0 Å². The number of hydrogen-bond acceptors (Lipinski definition) is 5. The molecule has 3 rings (SSSR count). The maximum Gasteiger partial charge on any atom is 0.251 e. The third-order valence-corrected chi connectivity index (χ3v) is 4.28. The largest absolute Gasteiger partial charge is 0.387 e. The van der Waals surface area contributed by atoms with Crippen LogP contribution in [0.5, 0.6) is 0 Å². The fourth-order valence-electron chi connectivity index (χ4n) is 2.52. The molecule has 2 aromatic heterocycles. The van der Waals surface area contributed by atoms with Crippen LogP contribution < -0.4 is 10.9 Å². The van der Waals surface area contributed by atoms with Gasteiger partial charge in [0.25, 0.3) is 5.56 Å². The van der Waals surface area contributed by atoms with Crippen molar-refractivity contribution in [1.29, 1.82) is 0 Å². The number of halogens is 1. The van der Waals surface area contributed by atoms with E-state index in [0.717, 1.165) is 11.3 Å². The summed E-state index contributed by atoms with van der Waals surface area (Å²) in [6, 6.07) is 12.2. The Bertz CT molecular complexity index is 941. The van der Waals surface area contributed by atoms with Crippen LogP contribution in [-0.4, -0.2) is 26.6 Å². The molecule has 0 saturated carbocycles. The third-order valence-electron chi connectivity index (χ3n) is 3.93. The van der Waals surface area contributed by atoms with Crippen molar-refractivity contribution in [3.05, 3.63) is 75.3 Å². The summed E-state index contributed by atoms with van der Waals surface area (Å²) in [7, 11) is 0. The molecular formula is C19H19ClN4O2. The number of hydrogen-bond donors (Lipinski definition) is 3. The fourth-order valence-corrected chi connectivity index (χ4v) is 2.78. The van der Waals surface area contributed by atoms with E-state index in [1.807, 2.05) is 25.1 Å². The predicted octanol–water partition coefficient (Wildman–Crippen LogP) is 3.19. The van der Waals surface area contributed by atoms with Crippen LogP contribution in [0.15, 0.2) is 53.5 Å². The van der Waals surface area contributed by atoms with Crippen molar-refractivity contribution in [1.82, 2.24) is 15.0 Å². The van der Waals surface area contributed by atoms with Crippen LogP contribution >= 0.6 is 11.6 Å². The first kappa shape index (κ1) is 18.1. The van der Waals surface area contributed by atoms with Gasteiger partial charge in [0.05, 0.1) is 6.10 Å². The summed E-state index contributed by atoms with van der Waals surface area (Å²) in [5.74, 6) is 1.10. The standard InChI is InChI=1S/C19H19ClN4O2/c1-2-13-9-18(26)24-19(23-13)12-7-8-17(21-10-12)22-11-16(25)14-5-3-4-6-15(14)20/h3-10,16,25H,2,11H2,1H3,(H,21,22)(H,23,24,26). The first-order chi connectivity index (χ1) is 12.6. The smallest absolute Gasteiger partial charge is 0.251 e. The Kier molecular flexibility index (Phi) is 5.65. The molecule has 3 N–H and O–H groups in total. The number of aromatic nitrogens is 3. The first-order valence-electron chi connectivity index (χ1n) is 8.30. The highest BCUT2D eigenvalue weighted by molar-refractivity contribution is 6.31. The van der Waals surface area contributed by atoms with Gasteiger partial charge in [-0.3, -0.25) is 4.79 Å². The molecule has 7 heteroatoms. The lowest BCUT2D eigenvalue weighted by atomic mass is 10.1. The van der Waals surface area contributed by atoms with Crippen molar-refractivity contribution in [2.24, 2.45) is 0 Å². The highest BCUT2D eigenvalue weighted by Crippen LogP contribution is 2.23. The number of aromatic amines is 1. The molecule has 0 aliphatic rings. The molecule has 1 atom stereocenters. The second-order valence-electron chi connectivity index (χ2n) is 5.79. The molecule has 0 bridgehead atoms. The average molecular weight is 371 g/mol. The number of nitrogens with zero attached hydrogens (tertiary/aromatic N) is 2. The molecule has 6 nitrogen and oxygen atoms in total. The van der Waals surface area contributed by atoms with Crippen LogP contribution in [0.1, 0.15) is 24.3 Å². The molecule has 1 unspecified atom stereocenters. The Hall–Kier alpha value is -2.70. The molecule has 0 aliphatic heterocycles. The third kappa shape index (κ3) is 4.28. The van der Waals surface area contributed by atoms with Crippen molar-refractivity contribution >= 4 is 17.4 Å². The summed E-state index contributed by atoms with van der Waals surface area (Å²) in [5.41, 5.74) is 1.93. The van der Waals surface area contributed by atoms with Crippen molar-refractivity contribution in [3.8, 4) is 11.4 Å². The van der Waals surface area contributed by atoms with Crippen LogP contribution in [0.4, 0.5) is 5.82 Å². The zero-order valence-corrected chi connectivity index (χ0v) is 15.0. The zero-order chi connectivity index (χ0) is 18.5. The molecular weight excluding hydrogens is 352 g/mol. The highest BCUT2D eigenvalue weighted by atomic mass is 35.5. The summed E-state index contributed by atoms with van der Waals surface area (Å²) in [4.78, 5) is 23.1. The summed E-state index contributed by atoms with van der Waals surface area (Å²) < 4.78 is 0. The maximum atomic E-state index is 11.7.